The quantitative estimate of drug-likeness (QED) is 0.592. The summed E-state index contributed by atoms with van der Waals surface area (Å²) in [6, 6.07) is 0. The minimum Gasteiger partial charge on any atom is -0.465 e. The Bertz CT molecular complexity index is 385. The fraction of sp³-hybridized carbons (Fsp3) is 0.692. The van der Waals surface area contributed by atoms with Crippen LogP contribution in [0.4, 0.5) is 0 Å². The van der Waals surface area contributed by atoms with E-state index in [1.54, 1.807) is 13.8 Å². The maximum atomic E-state index is 11.6. The normalized spacial score (nSPS) is 14.2. The molecule has 0 saturated carbocycles. The second-order valence-electron chi connectivity index (χ2n) is 4.88. The number of nitrogens with two attached hydrogens (primary N) is 1. The summed E-state index contributed by atoms with van der Waals surface area (Å²) in [5.41, 5.74) is 6.21. The van der Waals surface area contributed by atoms with Crippen molar-refractivity contribution in [3.05, 3.63) is 18.0 Å². The first kappa shape index (κ1) is 14.7. The van der Waals surface area contributed by atoms with Crippen molar-refractivity contribution < 1.29 is 9.53 Å². The fourth-order valence-electron chi connectivity index (χ4n) is 1.75. The first-order valence-electron chi connectivity index (χ1n) is 6.41. The van der Waals surface area contributed by atoms with E-state index in [2.05, 4.69) is 5.10 Å². The van der Waals surface area contributed by atoms with Crippen molar-refractivity contribution in [2.45, 2.75) is 52.1 Å². The summed E-state index contributed by atoms with van der Waals surface area (Å²) < 4.78 is 6.85. The van der Waals surface area contributed by atoms with Crippen LogP contribution < -0.4 is 5.73 Å². The zero-order valence-electron chi connectivity index (χ0n) is 11.5. The first-order chi connectivity index (χ1) is 8.45. The van der Waals surface area contributed by atoms with E-state index in [1.807, 2.05) is 24.0 Å². The van der Waals surface area contributed by atoms with Gasteiger partial charge in [0, 0.05) is 12.7 Å². The number of aryl methyl sites for hydroxylation is 2. The molecule has 0 aliphatic carbocycles. The van der Waals surface area contributed by atoms with Crippen LogP contribution in [-0.4, -0.2) is 27.9 Å². The molecule has 102 valence electrons. The van der Waals surface area contributed by atoms with Gasteiger partial charge in [-0.1, -0.05) is 0 Å². The molecule has 2 N–H and O–H groups in total. The van der Waals surface area contributed by atoms with Crippen LogP contribution in [0.5, 0.6) is 0 Å². The van der Waals surface area contributed by atoms with Gasteiger partial charge in [0.1, 0.15) is 5.54 Å². The molecule has 0 amide bonds. The van der Waals surface area contributed by atoms with E-state index in [-0.39, 0.29) is 5.97 Å². The summed E-state index contributed by atoms with van der Waals surface area (Å²) in [4.78, 5) is 11.6. The number of ether oxygens (including phenoxy) is 1. The Kier molecular flexibility index (Phi) is 5.34. The van der Waals surface area contributed by atoms with Crippen LogP contribution in [0.1, 0.15) is 38.7 Å². The molecule has 5 nitrogen and oxygen atoms in total. The van der Waals surface area contributed by atoms with E-state index in [0.29, 0.717) is 13.0 Å². The predicted molar refractivity (Wildman–Crippen MR) is 70.0 cm³/mol. The number of rotatable bonds is 7. The smallest absolute Gasteiger partial charge is 0.325 e. The van der Waals surface area contributed by atoms with Gasteiger partial charge in [-0.2, -0.15) is 5.10 Å². The number of hydrogen-bond donors (Lipinski definition) is 1. The molecule has 1 heterocycles. The maximum Gasteiger partial charge on any atom is 0.325 e. The van der Waals surface area contributed by atoms with Crippen LogP contribution in [0.15, 0.2) is 12.4 Å². The third-order valence-electron chi connectivity index (χ3n) is 2.84. The van der Waals surface area contributed by atoms with Gasteiger partial charge in [-0.3, -0.25) is 9.48 Å². The Hall–Kier alpha value is -1.36. The monoisotopic (exact) mass is 253 g/mol. The second-order valence-corrected chi connectivity index (χ2v) is 4.88. The number of esters is 1. The molecule has 5 heteroatoms. The van der Waals surface area contributed by atoms with Crippen molar-refractivity contribution in [1.29, 1.82) is 0 Å². The van der Waals surface area contributed by atoms with Crippen molar-refractivity contribution in [3.63, 3.8) is 0 Å². The third-order valence-corrected chi connectivity index (χ3v) is 2.84. The van der Waals surface area contributed by atoms with E-state index >= 15 is 0 Å². The van der Waals surface area contributed by atoms with Crippen LogP contribution in [0.25, 0.3) is 0 Å². The molecule has 0 spiro atoms. The highest BCUT2D eigenvalue weighted by molar-refractivity contribution is 5.79. The number of carbonyl (C=O) groups is 1. The fourth-order valence-corrected chi connectivity index (χ4v) is 1.75. The summed E-state index contributed by atoms with van der Waals surface area (Å²) in [7, 11) is 0. The SMILES string of the molecule is CCOC(=O)C(C)(N)CCCCn1cc(C)cn1. The Labute approximate surface area is 108 Å². The highest BCUT2D eigenvalue weighted by atomic mass is 16.5. The standard InChI is InChI=1S/C13H23N3O2/c1-4-18-12(17)13(3,14)7-5-6-8-16-10-11(2)9-15-16/h9-10H,4-8,14H2,1-3H3. The number of hydrogen-bond acceptors (Lipinski definition) is 4. The lowest BCUT2D eigenvalue weighted by molar-refractivity contribution is -0.149. The maximum absolute atomic E-state index is 11.6. The van der Waals surface area contributed by atoms with Crippen molar-refractivity contribution >= 4 is 5.97 Å². The lowest BCUT2D eigenvalue weighted by atomic mass is 9.96. The molecule has 0 aliphatic heterocycles. The number of nitrogens with zero attached hydrogens (tertiary/aromatic N) is 2. The van der Waals surface area contributed by atoms with Crippen molar-refractivity contribution in [2.75, 3.05) is 6.61 Å². The largest absolute Gasteiger partial charge is 0.465 e. The molecule has 1 rings (SSSR count). The number of aromatic nitrogens is 2. The van der Waals surface area contributed by atoms with Gasteiger partial charge in [0.25, 0.3) is 0 Å². The molecule has 1 unspecified atom stereocenters. The highest BCUT2D eigenvalue weighted by Gasteiger charge is 2.28. The van der Waals surface area contributed by atoms with E-state index in [4.69, 9.17) is 10.5 Å². The lowest BCUT2D eigenvalue weighted by Crippen LogP contribution is -2.46. The van der Waals surface area contributed by atoms with E-state index in [9.17, 15) is 4.79 Å². The molecule has 1 aromatic rings. The van der Waals surface area contributed by atoms with Crippen LogP contribution in [0.2, 0.25) is 0 Å². The van der Waals surface area contributed by atoms with Crippen LogP contribution in [-0.2, 0) is 16.1 Å². The predicted octanol–water partition coefficient (Wildman–Crippen LogP) is 1.64. The van der Waals surface area contributed by atoms with Crippen molar-refractivity contribution in [2.24, 2.45) is 5.73 Å². The van der Waals surface area contributed by atoms with E-state index < -0.39 is 5.54 Å². The van der Waals surface area contributed by atoms with Gasteiger partial charge < -0.3 is 10.5 Å². The minimum absolute atomic E-state index is 0.320. The molecule has 0 saturated heterocycles. The molecular weight excluding hydrogens is 230 g/mol. The van der Waals surface area contributed by atoms with Crippen molar-refractivity contribution in [1.82, 2.24) is 9.78 Å². The zero-order chi connectivity index (χ0) is 13.6. The molecule has 18 heavy (non-hydrogen) atoms. The van der Waals surface area contributed by atoms with Crippen LogP contribution in [0.3, 0.4) is 0 Å². The summed E-state index contributed by atoms with van der Waals surface area (Å²) in [6.07, 6.45) is 6.31. The van der Waals surface area contributed by atoms with Gasteiger partial charge >= 0.3 is 5.97 Å². The van der Waals surface area contributed by atoms with Gasteiger partial charge in [0.2, 0.25) is 0 Å². The molecule has 1 atom stereocenters. The van der Waals surface area contributed by atoms with Crippen LogP contribution in [0, 0.1) is 6.92 Å². The zero-order valence-corrected chi connectivity index (χ0v) is 11.5. The van der Waals surface area contributed by atoms with Gasteiger partial charge in [0.05, 0.1) is 12.8 Å². The minimum atomic E-state index is -0.879. The molecular formula is C13H23N3O2. The molecule has 0 fully saturated rings. The molecule has 0 radical (unpaired) electrons. The van der Waals surface area contributed by atoms with Crippen molar-refractivity contribution in [3.8, 4) is 0 Å². The Balaban J connectivity index is 2.26. The van der Waals surface area contributed by atoms with Gasteiger partial charge in [-0.15, -0.1) is 0 Å². The molecule has 0 aromatic carbocycles. The molecule has 0 aliphatic rings. The summed E-state index contributed by atoms with van der Waals surface area (Å²) in [5, 5.41) is 4.21. The lowest BCUT2D eigenvalue weighted by Gasteiger charge is -2.21. The van der Waals surface area contributed by atoms with Gasteiger partial charge in [-0.05, 0) is 45.6 Å². The first-order valence-corrected chi connectivity index (χ1v) is 6.41. The Morgan fingerprint density at radius 2 is 2.28 bits per heavy atom. The van der Waals surface area contributed by atoms with E-state index in [1.165, 1.54) is 0 Å². The highest BCUT2D eigenvalue weighted by Crippen LogP contribution is 2.13. The van der Waals surface area contributed by atoms with E-state index in [0.717, 1.165) is 24.9 Å². The van der Waals surface area contributed by atoms with Gasteiger partial charge in [-0.25, -0.2) is 0 Å². The van der Waals surface area contributed by atoms with Crippen LogP contribution >= 0.6 is 0 Å². The second kappa shape index (κ2) is 6.54. The summed E-state index contributed by atoms with van der Waals surface area (Å²) in [5.74, 6) is -0.320. The molecule has 0 bridgehead atoms. The summed E-state index contributed by atoms with van der Waals surface area (Å²) in [6.45, 7) is 6.75. The molecule has 1 aromatic heterocycles. The van der Waals surface area contributed by atoms with Gasteiger partial charge in [0.15, 0.2) is 0 Å². The number of unbranched alkanes of at least 4 members (excludes halogenated alkanes) is 1. The third kappa shape index (κ3) is 4.49. The Morgan fingerprint density at radius 3 is 2.83 bits per heavy atom. The summed E-state index contributed by atoms with van der Waals surface area (Å²) >= 11 is 0. The average molecular weight is 253 g/mol. The average Bonchev–Trinajstić information content (AvgIpc) is 2.71. The topological polar surface area (TPSA) is 70.1 Å². The number of carbonyl (C=O) groups excluding carboxylic acids is 1. The Morgan fingerprint density at radius 1 is 1.56 bits per heavy atom.